The first kappa shape index (κ1) is 33.1. The number of likely N-dealkylation sites (N-methyl/N-ethyl adjacent to an activating group) is 1. The molecule has 0 bridgehead atoms. The van der Waals surface area contributed by atoms with Gasteiger partial charge in [0, 0.05) is 62.5 Å². The van der Waals surface area contributed by atoms with Crippen LogP contribution in [0.1, 0.15) is 38.4 Å². The van der Waals surface area contributed by atoms with Crippen LogP contribution >= 0.6 is 11.6 Å². The van der Waals surface area contributed by atoms with Crippen LogP contribution in [0.15, 0.2) is 36.4 Å². The smallest absolute Gasteiger partial charge is 0.410 e. The number of ether oxygens (including phenoxy) is 3. The number of anilines is 2. The van der Waals surface area contributed by atoms with Crippen molar-refractivity contribution in [3.8, 4) is 6.01 Å². The van der Waals surface area contributed by atoms with E-state index in [1.54, 1.807) is 12.0 Å². The highest BCUT2D eigenvalue weighted by molar-refractivity contribution is 6.36. The summed E-state index contributed by atoms with van der Waals surface area (Å²) >= 11 is 6.73. The van der Waals surface area contributed by atoms with E-state index in [1.807, 2.05) is 32.9 Å². The Hall–Kier alpha value is -3.85. The molecule has 4 heterocycles. The predicted molar refractivity (Wildman–Crippen MR) is 183 cm³/mol. The Morgan fingerprint density at radius 3 is 2.57 bits per heavy atom. The molecule has 0 unspecified atom stereocenters. The molecule has 0 N–H and O–H groups in total. The lowest BCUT2D eigenvalue weighted by Gasteiger charge is -2.41. The van der Waals surface area contributed by atoms with Crippen molar-refractivity contribution in [2.24, 2.45) is 0 Å². The first-order valence-electron chi connectivity index (χ1n) is 16.3. The number of piperazine rings is 1. The summed E-state index contributed by atoms with van der Waals surface area (Å²) in [7, 11) is 3.83. The normalized spacial score (nSPS) is 21.9. The number of halogens is 1. The molecule has 11 nitrogen and oxygen atoms in total. The van der Waals surface area contributed by atoms with E-state index in [-0.39, 0.29) is 30.8 Å². The third-order valence-electron chi connectivity index (χ3n) is 9.30. The second-order valence-electron chi connectivity index (χ2n) is 13.7. The van der Waals surface area contributed by atoms with Gasteiger partial charge >= 0.3 is 12.1 Å². The lowest BCUT2D eigenvalue weighted by Crippen LogP contribution is -2.57. The van der Waals surface area contributed by atoms with Crippen LogP contribution in [0.3, 0.4) is 0 Å². The van der Waals surface area contributed by atoms with Gasteiger partial charge < -0.3 is 28.9 Å². The Balaban J connectivity index is 1.31. The Morgan fingerprint density at radius 2 is 1.85 bits per heavy atom. The lowest BCUT2D eigenvalue weighted by molar-refractivity contribution is 0.0155. The molecule has 0 radical (unpaired) electrons. The van der Waals surface area contributed by atoms with Gasteiger partial charge in [-0.1, -0.05) is 35.9 Å². The van der Waals surface area contributed by atoms with E-state index in [0.717, 1.165) is 64.5 Å². The van der Waals surface area contributed by atoms with Crippen LogP contribution < -0.4 is 14.5 Å². The Bertz CT molecular complexity index is 1650. The van der Waals surface area contributed by atoms with Crippen molar-refractivity contribution in [2.45, 2.75) is 63.9 Å². The average molecular weight is 662 g/mol. The molecule has 2 aromatic carbocycles. The summed E-state index contributed by atoms with van der Waals surface area (Å²) in [5, 5.41) is 2.85. The minimum atomic E-state index is -0.619. The number of hydrogen-bond acceptors (Lipinski definition) is 9. The van der Waals surface area contributed by atoms with Crippen molar-refractivity contribution < 1.29 is 19.0 Å². The summed E-state index contributed by atoms with van der Waals surface area (Å²) in [4.78, 5) is 35.3. The number of benzene rings is 2. The summed E-state index contributed by atoms with van der Waals surface area (Å²) in [6.07, 6.45) is 1.40. The monoisotopic (exact) mass is 661 g/mol. The number of rotatable bonds is 7. The van der Waals surface area contributed by atoms with Gasteiger partial charge in [-0.3, -0.25) is 9.80 Å². The number of amides is 1. The van der Waals surface area contributed by atoms with Crippen LogP contribution in [-0.4, -0.2) is 110 Å². The maximum Gasteiger partial charge on any atom is 0.410 e. The number of carbonyl (C=O) groups excluding carboxylic acids is 1. The summed E-state index contributed by atoms with van der Waals surface area (Å²) in [5.41, 5.74) is 2.43. The second kappa shape index (κ2) is 13.7. The molecule has 3 aromatic rings. The zero-order valence-corrected chi connectivity index (χ0v) is 28.7. The number of aromatic nitrogens is 2. The molecule has 12 heteroatoms. The maximum atomic E-state index is 13.1. The van der Waals surface area contributed by atoms with E-state index < -0.39 is 5.60 Å². The van der Waals surface area contributed by atoms with Crippen molar-refractivity contribution >= 4 is 40.0 Å². The zero-order chi connectivity index (χ0) is 33.3. The summed E-state index contributed by atoms with van der Waals surface area (Å²) in [6, 6.07) is 12.5. The second-order valence-corrected chi connectivity index (χ2v) is 14.1. The predicted octanol–water partition coefficient (Wildman–Crippen LogP) is 5.29. The maximum absolute atomic E-state index is 13.1. The number of nitrogens with zero attached hydrogens (tertiary/aromatic N) is 7. The summed E-state index contributed by atoms with van der Waals surface area (Å²) in [6.45, 7) is 17.5. The zero-order valence-electron chi connectivity index (χ0n) is 27.9. The van der Waals surface area contributed by atoms with Gasteiger partial charge in [0.1, 0.15) is 24.1 Å². The number of hydrogen-bond donors (Lipinski definition) is 0. The van der Waals surface area contributed by atoms with Gasteiger partial charge in [-0.25, -0.2) is 11.4 Å². The first-order valence-corrected chi connectivity index (χ1v) is 16.7. The van der Waals surface area contributed by atoms with Gasteiger partial charge in [-0.2, -0.15) is 9.97 Å². The minimum absolute atomic E-state index is 0.176. The van der Waals surface area contributed by atoms with E-state index in [2.05, 4.69) is 50.9 Å². The molecule has 250 valence electrons. The van der Waals surface area contributed by atoms with Gasteiger partial charge in [0.25, 0.3) is 0 Å². The van der Waals surface area contributed by atoms with Crippen LogP contribution in [0, 0.1) is 6.57 Å². The molecular weight excluding hydrogens is 618 g/mol. The fourth-order valence-corrected chi connectivity index (χ4v) is 7.17. The molecule has 3 aliphatic rings. The Kier molecular flexibility index (Phi) is 9.65. The lowest BCUT2D eigenvalue weighted by atomic mass is 10.0. The molecule has 3 atom stereocenters. The third kappa shape index (κ3) is 7.20. The fourth-order valence-electron chi connectivity index (χ4n) is 6.90. The summed E-state index contributed by atoms with van der Waals surface area (Å²) in [5.74, 6) is 0.814. The fraction of sp³-hybridized carbons (Fsp3) is 0.543. The highest BCUT2D eigenvalue weighted by Gasteiger charge is 2.38. The van der Waals surface area contributed by atoms with Crippen molar-refractivity contribution in [1.82, 2.24) is 19.8 Å². The van der Waals surface area contributed by atoms with E-state index >= 15 is 0 Å². The largest absolute Gasteiger partial charge is 0.462 e. The molecule has 3 aliphatic heterocycles. The standard InChI is InChI=1S/C35H44ClN7O4/c1-35(2,3)47-34(44)43-16-15-42(19-25(43)18-37-4)32-27-13-14-41(30-12-8-10-23-9-7-11-28(36)31(23)30)21-29(27)38-33(39-32)46-22-24-17-26(45-6)20-40(24)5/h7-12,24-26H,13-22H2,1-3,5-6H3/t24-,25+,26-/m1/s1. The quantitative estimate of drug-likeness (QED) is 0.314. The number of likely N-dealkylation sites (tertiary alicyclic amines) is 1. The molecule has 0 saturated carbocycles. The van der Waals surface area contributed by atoms with Crippen LogP contribution in [0.2, 0.25) is 5.02 Å². The van der Waals surface area contributed by atoms with Crippen LogP contribution in [0.5, 0.6) is 6.01 Å². The molecule has 2 saturated heterocycles. The molecule has 0 aliphatic carbocycles. The topological polar surface area (TPSA) is 87.9 Å². The van der Waals surface area contributed by atoms with Gasteiger partial charge in [-0.05, 0) is 58.2 Å². The highest BCUT2D eigenvalue weighted by atomic mass is 35.5. The molecule has 1 aromatic heterocycles. The van der Waals surface area contributed by atoms with Crippen LogP contribution in [0.25, 0.3) is 15.6 Å². The number of carbonyl (C=O) groups is 1. The van der Waals surface area contributed by atoms with Crippen LogP contribution in [-0.2, 0) is 22.4 Å². The molecule has 47 heavy (non-hydrogen) atoms. The van der Waals surface area contributed by atoms with Gasteiger partial charge in [0.15, 0.2) is 0 Å². The molecule has 0 spiro atoms. The van der Waals surface area contributed by atoms with Gasteiger partial charge in [0.05, 0.1) is 23.4 Å². The Morgan fingerprint density at radius 1 is 1.06 bits per heavy atom. The first-order chi connectivity index (χ1) is 22.5. The molecule has 1 amide bonds. The molecule has 6 rings (SSSR count). The SMILES string of the molecule is [C-]#[N+]C[C@H]1CN(c2nc(OC[C@H]3C[C@@H](OC)CN3C)nc3c2CCN(c2cccc4cccc(Cl)c24)C3)CCN1C(=O)OC(C)(C)C. The van der Waals surface area contributed by atoms with E-state index in [1.165, 1.54) is 0 Å². The number of fused-ring (bicyclic) bond motifs is 2. The third-order valence-corrected chi connectivity index (χ3v) is 9.61. The van der Waals surface area contributed by atoms with E-state index in [4.69, 9.17) is 42.4 Å². The highest BCUT2D eigenvalue weighted by Crippen LogP contribution is 2.37. The van der Waals surface area contributed by atoms with Crippen molar-refractivity contribution in [3.63, 3.8) is 0 Å². The number of methoxy groups -OCH3 is 1. The van der Waals surface area contributed by atoms with Gasteiger partial charge in [-0.15, -0.1) is 0 Å². The van der Waals surface area contributed by atoms with E-state index in [0.29, 0.717) is 38.8 Å². The van der Waals surface area contributed by atoms with Crippen molar-refractivity contribution in [1.29, 1.82) is 0 Å². The average Bonchev–Trinajstić information content (AvgIpc) is 3.41. The van der Waals surface area contributed by atoms with Crippen molar-refractivity contribution in [3.05, 3.63) is 64.1 Å². The summed E-state index contributed by atoms with van der Waals surface area (Å²) < 4.78 is 17.6. The molecular formula is C35H44ClN7O4. The van der Waals surface area contributed by atoms with Gasteiger partial charge in [0.2, 0.25) is 6.54 Å². The Labute approximate surface area is 282 Å². The minimum Gasteiger partial charge on any atom is -0.462 e. The van der Waals surface area contributed by atoms with Crippen molar-refractivity contribution in [2.75, 3.05) is 69.8 Å². The van der Waals surface area contributed by atoms with E-state index in [9.17, 15) is 4.79 Å². The molecule has 2 fully saturated rings. The van der Waals surface area contributed by atoms with Crippen LogP contribution in [0.4, 0.5) is 16.3 Å².